The van der Waals surface area contributed by atoms with E-state index in [2.05, 4.69) is 0 Å². The number of alkyl halides is 1. The van der Waals surface area contributed by atoms with Crippen molar-refractivity contribution in [1.82, 2.24) is 0 Å². The van der Waals surface area contributed by atoms with E-state index in [1.807, 2.05) is 0 Å². The molecule has 2 N–H and O–H groups in total. The van der Waals surface area contributed by atoms with Crippen molar-refractivity contribution in [2.45, 2.75) is 38.3 Å². The summed E-state index contributed by atoms with van der Waals surface area (Å²) in [6.07, 6.45) is 0.0446. The van der Waals surface area contributed by atoms with Gasteiger partial charge >= 0.3 is 5.97 Å². The minimum absolute atomic E-state index is 0.0446. The predicted octanol–water partition coefficient (Wildman–Crippen LogP) is 2.22. The first kappa shape index (κ1) is 18.4. The molecule has 0 spiro atoms. The van der Waals surface area contributed by atoms with Crippen molar-refractivity contribution < 1.29 is 23.4 Å². The van der Waals surface area contributed by atoms with Crippen LogP contribution in [-0.2, 0) is 20.7 Å². The van der Waals surface area contributed by atoms with E-state index in [-0.39, 0.29) is 13.2 Å². The van der Waals surface area contributed by atoms with Gasteiger partial charge < -0.3 is 19.9 Å². The summed E-state index contributed by atoms with van der Waals surface area (Å²) in [5.41, 5.74) is 4.21. The Morgan fingerprint density at radius 2 is 1.82 bits per heavy atom. The number of carbonyl (C=O) groups is 1. The zero-order valence-corrected chi connectivity index (χ0v) is 13.5. The highest BCUT2D eigenvalue weighted by molar-refractivity contribution is 5.81. The molecule has 0 radical (unpaired) electrons. The third kappa shape index (κ3) is 5.61. The molecule has 0 fully saturated rings. The second-order valence-corrected chi connectivity index (χ2v) is 6.16. The lowest BCUT2D eigenvalue weighted by molar-refractivity contribution is -0.162. The van der Waals surface area contributed by atoms with Crippen LogP contribution < -0.4 is 10.5 Å². The fourth-order valence-electron chi connectivity index (χ4n) is 1.75. The molecule has 1 atom stereocenters. The lowest BCUT2D eigenvalue weighted by atomic mass is 9.93. The van der Waals surface area contributed by atoms with Gasteiger partial charge in [0.1, 0.15) is 23.6 Å². The molecule has 5 nitrogen and oxygen atoms in total. The van der Waals surface area contributed by atoms with E-state index in [9.17, 15) is 9.18 Å². The molecule has 0 unspecified atom stereocenters. The number of methoxy groups -OCH3 is 1. The highest BCUT2D eigenvalue weighted by Gasteiger charge is 2.38. The first-order chi connectivity index (χ1) is 10.2. The average molecular weight is 313 g/mol. The molecule has 0 saturated carbocycles. The lowest BCUT2D eigenvalue weighted by Crippen LogP contribution is -2.54. The zero-order valence-electron chi connectivity index (χ0n) is 13.5. The summed E-state index contributed by atoms with van der Waals surface area (Å²) in [6.45, 7) is 4.29. The van der Waals surface area contributed by atoms with Gasteiger partial charge in [-0.15, -0.1) is 0 Å². The molecule has 1 aromatic rings. The van der Waals surface area contributed by atoms with Gasteiger partial charge in [-0.1, -0.05) is 12.1 Å². The number of carbonyl (C=O) groups excluding carboxylic acids is 1. The van der Waals surface area contributed by atoms with Crippen LogP contribution in [0.4, 0.5) is 4.39 Å². The number of nitrogens with two attached hydrogens (primary N) is 1. The third-order valence-electron chi connectivity index (χ3n) is 2.83. The number of esters is 1. The van der Waals surface area contributed by atoms with Gasteiger partial charge in [-0.25, -0.2) is 9.18 Å². The Labute approximate surface area is 130 Å². The van der Waals surface area contributed by atoms with Gasteiger partial charge in [0.2, 0.25) is 0 Å². The van der Waals surface area contributed by atoms with E-state index >= 15 is 0 Å². The van der Waals surface area contributed by atoms with Crippen LogP contribution in [0, 0.1) is 0 Å². The van der Waals surface area contributed by atoms with Gasteiger partial charge in [0.25, 0.3) is 0 Å². The topological polar surface area (TPSA) is 70.8 Å². The summed E-state index contributed by atoms with van der Waals surface area (Å²) < 4.78 is 28.6. The molecule has 0 heterocycles. The maximum absolute atomic E-state index is 13.3. The summed E-state index contributed by atoms with van der Waals surface area (Å²) in [5, 5.41) is 0. The Morgan fingerprint density at radius 3 is 2.27 bits per heavy atom. The number of hydrogen-bond donors (Lipinski definition) is 1. The molecule has 0 aliphatic rings. The Hall–Kier alpha value is -1.66. The molecule has 1 rings (SSSR count). The van der Waals surface area contributed by atoms with E-state index in [0.29, 0.717) is 5.75 Å². The summed E-state index contributed by atoms with van der Waals surface area (Å²) in [5.74, 6) is -0.132. The van der Waals surface area contributed by atoms with Gasteiger partial charge in [-0.3, -0.25) is 0 Å². The lowest BCUT2D eigenvalue weighted by Gasteiger charge is -2.29. The van der Waals surface area contributed by atoms with Crippen LogP contribution in [0.2, 0.25) is 0 Å². The molecule has 124 valence electrons. The second kappa shape index (κ2) is 7.56. The van der Waals surface area contributed by atoms with Crippen LogP contribution in [0.3, 0.4) is 0 Å². The maximum atomic E-state index is 13.3. The SMILES string of the molecule is COCOc1ccc(C[C@](N)(CF)C(=O)OC(C)(C)C)cc1. The standard InChI is InChI=1S/C16H24FNO4/c1-15(2,3)22-14(19)16(18,10-17)9-12-5-7-13(8-6-12)21-11-20-4/h5-8H,9-11,18H2,1-4H3/t16-/m0/s1. The van der Waals surface area contributed by atoms with Crippen molar-refractivity contribution in [3.63, 3.8) is 0 Å². The maximum Gasteiger partial charge on any atom is 0.329 e. The van der Waals surface area contributed by atoms with Gasteiger partial charge in [-0.2, -0.15) is 0 Å². The molecule has 22 heavy (non-hydrogen) atoms. The molecular weight excluding hydrogens is 289 g/mol. The van der Waals surface area contributed by atoms with Gasteiger partial charge in [0.05, 0.1) is 0 Å². The molecule has 0 saturated heterocycles. The van der Waals surface area contributed by atoms with Crippen LogP contribution in [0.25, 0.3) is 0 Å². The number of ether oxygens (including phenoxy) is 3. The van der Waals surface area contributed by atoms with Crippen molar-refractivity contribution in [1.29, 1.82) is 0 Å². The summed E-state index contributed by atoms with van der Waals surface area (Å²) in [4.78, 5) is 12.1. The van der Waals surface area contributed by atoms with E-state index in [0.717, 1.165) is 5.56 Å². The Balaban J connectivity index is 2.78. The molecule has 0 aliphatic heterocycles. The highest BCUT2D eigenvalue weighted by atomic mass is 19.1. The Kier molecular flexibility index (Phi) is 6.32. The van der Waals surface area contributed by atoms with E-state index in [1.165, 1.54) is 7.11 Å². The van der Waals surface area contributed by atoms with Crippen LogP contribution >= 0.6 is 0 Å². The second-order valence-electron chi connectivity index (χ2n) is 6.16. The van der Waals surface area contributed by atoms with Crippen LogP contribution in [0.15, 0.2) is 24.3 Å². The van der Waals surface area contributed by atoms with E-state index < -0.39 is 23.8 Å². The quantitative estimate of drug-likeness (QED) is 0.617. The summed E-state index contributed by atoms with van der Waals surface area (Å²) >= 11 is 0. The van der Waals surface area contributed by atoms with Crippen molar-refractivity contribution >= 4 is 5.97 Å². The zero-order chi connectivity index (χ0) is 16.8. The molecule has 0 amide bonds. The first-order valence-corrected chi connectivity index (χ1v) is 6.99. The average Bonchev–Trinajstić information content (AvgIpc) is 2.44. The first-order valence-electron chi connectivity index (χ1n) is 6.99. The number of rotatable bonds is 7. The van der Waals surface area contributed by atoms with E-state index in [1.54, 1.807) is 45.0 Å². The summed E-state index contributed by atoms with van der Waals surface area (Å²) in [6, 6.07) is 6.88. The number of hydrogen-bond acceptors (Lipinski definition) is 5. The van der Waals surface area contributed by atoms with E-state index in [4.69, 9.17) is 19.9 Å². The van der Waals surface area contributed by atoms with Crippen molar-refractivity contribution in [3.8, 4) is 5.75 Å². The molecule has 0 bridgehead atoms. The summed E-state index contributed by atoms with van der Waals surface area (Å²) in [7, 11) is 1.53. The predicted molar refractivity (Wildman–Crippen MR) is 81.4 cm³/mol. The monoisotopic (exact) mass is 313 g/mol. The fraction of sp³-hybridized carbons (Fsp3) is 0.562. The minimum atomic E-state index is -1.69. The Bertz CT molecular complexity index is 484. The number of benzene rings is 1. The molecule has 1 aromatic carbocycles. The fourth-order valence-corrected chi connectivity index (χ4v) is 1.75. The molecule has 0 aliphatic carbocycles. The van der Waals surface area contributed by atoms with Crippen LogP contribution in [0.1, 0.15) is 26.3 Å². The van der Waals surface area contributed by atoms with Crippen molar-refractivity contribution in [2.75, 3.05) is 20.6 Å². The Morgan fingerprint density at radius 1 is 1.23 bits per heavy atom. The van der Waals surface area contributed by atoms with Crippen LogP contribution in [-0.4, -0.2) is 37.7 Å². The largest absolute Gasteiger partial charge is 0.468 e. The normalized spacial score (nSPS) is 14.3. The third-order valence-corrected chi connectivity index (χ3v) is 2.83. The molecular formula is C16H24FNO4. The van der Waals surface area contributed by atoms with Gasteiger partial charge in [-0.05, 0) is 38.5 Å². The van der Waals surface area contributed by atoms with Gasteiger partial charge in [0.15, 0.2) is 6.79 Å². The van der Waals surface area contributed by atoms with Crippen LogP contribution in [0.5, 0.6) is 5.75 Å². The number of halogens is 1. The smallest absolute Gasteiger partial charge is 0.329 e. The van der Waals surface area contributed by atoms with Gasteiger partial charge in [0, 0.05) is 13.5 Å². The molecule has 6 heteroatoms. The highest BCUT2D eigenvalue weighted by Crippen LogP contribution is 2.20. The minimum Gasteiger partial charge on any atom is -0.468 e. The van der Waals surface area contributed by atoms with Crippen molar-refractivity contribution in [2.24, 2.45) is 5.73 Å². The van der Waals surface area contributed by atoms with Crippen molar-refractivity contribution in [3.05, 3.63) is 29.8 Å². The molecule has 0 aromatic heterocycles.